The van der Waals surface area contributed by atoms with E-state index in [-0.39, 0.29) is 43.1 Å². The van der Waals surface area contributed by atoms with Crippen molar-refractivity contribution in [1.82, 2.24) is 5.32 Å². The van der Waals surface area contributed by atoms with Crippen LogP contribution in [0.5, 0.6) is 11.5 Å². The maximum atomic E-state index is 12.8. The molecule has 0 radical (unpaired) electrons. The van der Waals surface area contributed by atoms with Crippen molar-refractivity contribution in [1.29, 1.82) is 5.41 Å². The molecule has 0 aliphatic rings. The number of amidine groups is 1. The first-order valence-electron chi connectivity index (χ1n) is 9.27. The number of benzene rings is 2. The normalized spacial score (nSPS) is 11.0. The Morgan fingerprint density at radius 1 is 1.10 bits per heavy atom. The van der Waals surface area contributed by atoms with Crippen LogP contribution in [0.2, 0.25) is 0 Å². The zero-order valence-electron chi connectivity index (χ0n) is 17.3. The molecule has 0 fully saturated rings. The molecule has 6 N–H and O–H groups in total. The topological polar surface area (TPSA) is 150 Å². The Morgan fingerprint density at radius 2 is 1.77 bits per heavy atom. The molecule has 0 aromatic heterocycles. The first-order valence-corrected chi connectivity index (χ1v) is 9.27. The lowest BCUT2D eigenvalue weighted by molar-refractivity contribution is -0.133. The molecule has 2 amide bonds. The summed E-state index contributed by atoms with van der Waals surface area (Å²) in [6.45, 7) is 2.06. The number of nitrogens with one attached hydrogen (secondary N) is 2. The Balaban J connectivity index is 0.00000480. The second kappa shape index (κ2) is 12.4. The number of hydrogen-bond acceptors (Lipinski definition) is 6. The highest BCUT2D eigenvalue weighted by molar-refractivity contribution is 5.94. The van der Waals surface area contributed by atoms with Crippen molar-refractivity contribution in [2.24, 2.45) is 11.5 Å². The van der Waals surface area contributed by atoms with Crippen molar-refractivity contribution < 1.29 is 23.8 Å². The van der Waals surface area contributed by atoms with Crippen LogP contribution in [0.4, 0.5) is 0 Å². The number of halogens is 1. The van der Waals surface area contributed by atoms with Crippen molar-refractivity contribution in [3.8, 4) is 11.5 Å². The number of hydrogen-bond donors (Lipinski definition) is 4. The number of nitrogens with two attached hydrogens (primary N) is 2. The average molecular weight is 451 g/mol. The van der Waals surface area contributed by atoms with Crippen molar-refractivity contribution in [2.45, 2.75) is 19.6 Å². The summed E-state index contributed by atoms with van der Waals surface area (Å²) < 4.78 is 16.2. The highest BCUT2D eigenvalue weighted by atomic mass is 35.5. The molecule has 2 rings (SSSR count). The van der Waals surface area contributed by atoms with Gasteiger partial charge in [-0.05, 0) is 30.2 Å². The zero-order chi connectivity index (χ0) is 22.1. The van der Waals surface area contributed by atoms with Gasteiger partial charge < -0.3 is 31.0 Å². The van der Waals surface area contributed by atoms with E-state index in [1.807, 2.05) is 0 Å². The lowest BCUT2D eigenvalue weighted by atomic mass is 10.1. The molecule has 0 saturated carbocycles. The Morgan fingerprint density at radius 3 is 2.32 bits per heavy atom. The fraction of sp³-hybridized carbons (Fsp3) is 0.286. The third-order valence-electron chi connectivity index (χ3n) is 4.16. The number of rotatable bonds is 11. The van der Waals surface area contributed by atoms with Gasteiger partial charge in [-0.3, -0.25) is 15.0 Å². The summed E-state index contributed by atoms with van der Waals surface area (Å²) in [5.41, 5.74) is 12.6. The Labute approximate surface area is 187 Å². The minimum atomic E-state index is -0.881. The summed E-state index contributed by atoms with van der Waals surface area (Å²) in [6.07, 6.45) is -0.881. The fourth-order valence-electron chi connectivity index (χ4n) is 2.69. The van der Waals surface area contributed by atoms with Crippen molar-refractivity contribution in [3.63, 3.8) is 0 Å². The molecule has 0 bridgehead atoms. The summed E-state index contributed by atoms with van der Waals surface area (Å²) in [4.78, 5) is 23.8. The van der Waals surface area contributed by atoms with Gasteiger partial charge in [-0.2, -0.15) is 0 Å². The van der Waals surface area contributed by atoms with Crippen LogP contribution < -0.4 is 26.3 Å². The number of carbonyl (C=O) groups excluding carboxylic acids is 2. The molecule has 0 spiro atoms. The summed E-state index contributed by atoms with van der Waals surface area (Å²) in [5, 5.41) is 10.3. The number of ether oxygens (including phenoxy) is 3. The van der Waals surface area contributed by atoms with Gasteiger partial charge in [-0.15, -0.1) is 12.4 Å². The summed E-state index contributed by atoms with van der Waals surface area (Å²) >= 11 is 0. The first-order chi connectivity index (χ1) is 14.3. The van der Waals surface area contributed by atoms with E-state index in [9.17, 15) is 9.59 Å². The number of amides is 2. The minimum Gasteiger partial charge on any atom is -0.493 e. The van der Waals surface area contributed by atoms with E-state index in [1.54, 1.807) is 49.4 Å². The van der Waals surface area contributed by atoms with Gasteiger partial charge in [0.25, 0.3) is 11.8 Å². The summed E-state index contributed by atoms with van der Waals surface area (Å²) in [7, 11) is 1.47. The van der Waals surface area contributed by atoms with Crippen LogP contribution in [-0.4, -0.2) is 38.0 Å². The second-order valence-corrected chi connectivity index (χ2v) is 6.33. The van der Waals surface area contributed by atoms with E-state index in [0.29, 0.717) is 23.5 Å². The predicted molar refractivity (Wildman–Crippen MR) is 119 cm³/mol. The molecule has 2 aromatic rings. The van der Waals surface area contributed by atoms with Crippen molar-refractivity contribution in [2.75, 3.05) is 20.3 Å². The molecule has 9 nitrogen and oxygen atoms in total. The van der Waals surface area contributed by atoms with Crippen LogP contribution in [0.25, 0.3) is 0 Å². The smallest absolute Gasteiger partial charge is 0.255 e. The van der Waals surface area contributed by atoms with Crippen molar-refractivity contribution in [3.05, 3.63) is 59.2 Å². The maximum absolute atomic E-state index is 12.8. The molecular formula is C21H27ClN4O5. The number of carbonyl (C=O) groups is 2. The monoisotopic (exact) mass is 450 g/mol. The molecule has 2 aromatic carbocycles. The number of primary amides is 1. The number of nitrogen functional groups attached to an aromatic ring is 1. The average Bonchev–Trinajstić information content (AvgIpc) is 2.74. The lowest BCUT2D eigenvalue weighted by Crippen LogP contribution is -2.30. The van der Waals surface area contributed by atoms with Crippen LogP contribution in [0.1, 0.15) is 29.7 Å². The summed E-state index contributed by atoms with van der Waals surface area (Å²) in [5.74, 6) is -0.293. The molecule has 1 atom stereocenters. The second-order valence-electron chi connectivity index (χ2n) is 6.33. The van der Waals surface area contributed by atoms with Crippen molar-refractivity contribution >= 4 is 30.1 Å². The van der Waals surface area contributed by atoms with Gasteiger partial charge in [0, 0.05) is 18.7 Å². The Kier molecular flexibility index (Phi) is 10.3. The SMILES string of the molecule is CCOC(C(=O)NCc1ccc(C(=N)N)cc1)c1ccc(OC)c(OCC(N)=O)c1.Cl. The third-order valence-corrected chi connectivity index (χ3v) is 4.16. The molecule has 0 heterocycles. The molecule has 168 valence electrons. The highest BCUT2D eigenvalue weighted by Crippen LogP contribution is 2.31. The quantitative estimate of drug-likeness (QED) is 0.302. The standard InChI is InChI=1S/C21H26N4O5.ClH/c1-3-29-19(15-8-9-16(28-2)17(10-15)30-12-18(22)26)21(27)25-11-13-4-6-14(7-5-13)20(23)24;/h4-10,19H,3,11-12H2,1-2H3,(H2,22,26)(H3,23,24)(H,25,27);1H. The van der Waals surface area contributed by atoms with E-state index in [2.05, 4.69) is 5.32 Å². The van der Waals surface area contributed by atoms with Gasteiger partial charge in [-0.1, -0.05) is 30.3 Å². The van der Waals surface area contributed by atoms with Crippen LogP contribution in [-0.2, 0) is 20.9 Å². The van der Waals surface area contributed by atoms with Crippen LogP contribution in [0.15, 0.2) is 42.5 Å². The molecule has 10 heteroatoms. The van der Waals surface area contributed by atoms with E-state index >= 15 is 0 Å². The first kappa shape index (κ1) is 25.7. The maximum Gasteiger partial charge on any atom is 0.255 e. The van der Waals surface area contributed by atoms with E-state index in [4.69, 9.17) is 31.1 Å². The Hall–Kier alpha value is -3.30. The van der Waals surface area contributed by atoms with Crippen LogP contribution in [0, 0.1) is 5.41 Å². The zero-order valence-corrected chi connectivity index (χ0v) is 18.2. The minimum absolute atomic E-state index is 0. The molecule has 0 aliphatic heterocycles. The molecule has 0 aliphatic carbocycles. The van der Waals surface area contributed by atoms with Gasteiger partial charge in [0.15, 0.2) is 24.2 Å². The van der Waals surface area contributed by atoms with E-state index < -0.39 is 12.0 Å². The van der Waals surface area contributed by atoms with Crippen LogP contribution in [0.3, 0.4) is 0 Å². The van der Waals surface area contributed by atoms with E-state index in [1.165, 1.54) is 7.11 Å². The van der Waals surface area contributed by atoms with Gasteiger partial charge in [0.05, 0.1) is 7.11 Å². The molecule has 0 saturated heterocycles. The van der Waals surface area contributed by atoms with Crippen LogP contribution >= 0.6 is 12.4 Å². The summed E-state index contributed by atoms with van der Waals surface area (Å²) in [6, 6.07) is 11.9. The van der Waals surface area contributed by atoms with Gasteiger partial charge in [0.1, 0.15) is 5.84 Å². The predicted octanol–water partition coefficient (Wildman–Crippen LogP) is 1.66. The fourth-order valence-corrected chi connectivity index (χ4v) is 2.69. The van der Waals surface area contributed by atoms with Gasteiger partial charge in [0.2, 0.25) is 0 Å². The molecule has 1 unspecified atom stereocenters. The highest BCUT2D eigenvalue weighted by Gasteiger charge is 2.22. The van der Waals surface area contributed by atoms with Gasteiger partial charge >= 0.3 is 0 Å². The molecular weight excluding hydrogens is 424 g/mol. The largest absolute Gasteiger partial charge is 0.493 e. The van der Waals surface area contributed by atoms with E-state index in [0.717, 1.165) is 5.56 Å². The Bertz CT molecular complexity index is 905. The molecule has 31 heavy (non-hydrogen) atoms. The number of methoxy groups -OCH3 is 1. The third kappa shape index (κ3) is 7.47. The lowest BCUT2D eigenvalue weighted by Gasteiger charge is -2.19. The van der Waals surface area contributed by atoms with Gasteiger partial charge in [-0.25, -0.2) is 0 Å².